The Hall–Kier alpha value is -0.0800. The largest absolute Gasteiger partial charge is 0.375 e. The fourth-order valence-electron chi connectivity index (χ4n) is 3.92. The van der Waals surface area contributed by atoms with Crippen molar-refractivity contribution in [3.63, 3.8) is 0 Å². The molecule has 1 saturated heterocycles. The molecule has 0 aromatic carbocycles. The van der Waals surface area contributed by atoms with Gasteiger partial charge in [-0.25, -0.2) is 0 Å². The molecule has 2 saturated carbocycles. The van der Waals surface area contributed by atoms with E-state index in [1.165, 1.54) is 51.4 Å². The molecule has 3 rings (SSSR count). The number of hydrogen-bond donors (Lipinski definition) is 1. The summed E-state index contributed by atoms with van der Waals surface area (Å²) in [6.07, 6.45) is 11.4. The van der Waals surface area contributed by atoms with Crippen LogP contribution in [0.25, 0.3) is 0 Å². The lowest BCUT2D eigenvalue weighted by molar-refractivity contribution is -0.0933. The van der Waals surface area contributed by atoms with Crippen LogP contribution in [0.3, 0.4) is 0 Å². The van der Waals surface area contributed by atoms with Crippen LogP contribution in [0.1, 0.15) is 58.3 Å². The van der Waals surface area contributed by atoms with Gasteiger partial charge >= 0.3 is 0 Å². The van der Waals surface area contributed by atoms with Crippen LogP contribution in [0, 0.1) is 5.92 Å². The van der Waals surface area contributed by atoms with Gasteiger partial charge in [0.05, 0.1) is 12.7 Å². The lowest BCUT2D eigenvalue weighted by atomic mass is 9.76. The SMILES string of the molecule is CC1CCC2OCC3(CCCCC3)NC2C1. The van der Waals surface area contributed by atoms with Crippen molar-refractivity contribution >= 4 is 0 Å². The number of rotatable bonds is 0. The van der Waals surface area contributed by atoms with Crippen LogP contribution in [-0.2, 0) is 4.74 Å². The van der Waals surface area contributed by atoms with Gasteiger partial charge in [0.1, 0.15) is 0 Å². The first-order valence-electron chi connectivity index (χ1n) is 7.17. The van der Waals surface area contributed by atoms with Crippen molar-refractivity contribution in [3.8, 4) is 0 Å². The number of fused-ring (bicyclic) bond motifs is 1. The van der Waals surface area contributed by atoms with Crippen molar-refractivity contribution in [1.29, 1.82) is 0 Å². The molecule has 3 unspecified atom stereocenters. The Labute approximate surface area is 99.1 Å². The zero-order valence-corrected chi connectivity index (χ0v) is 10.5. The van der Waals surface area contributed by atoms with Gasteiger partial charge in [-0.05, 0) is 38.0 Å². The summed E-state index contributed by atoms with van der Waals surface area (Å²) in [6.45, 7) is 3.36. The van der Waals surface area contributed by atoms with E-state index in [1.807, 2.05) is 0 Å². The number of nitrogens with one attached hydrogen (secondary N) is 1. The first kappa shape index (κ1) is 11.0. The molecule has 0 bridgehead atoms. The highest BCUT2D eigenvalue weighted by Crippen LogP contribution is 2.37. The Balaban J connectivity index is 1.68. The molecule has 3 aliphatic rings. The van der Waals surface area contributed by atoms with Gasteiger partial charge in [-0.2, -0.15) is 0 Å². The van der Waals surface area contributed by atoms with Crippen LogP contribution in [0.2, 0.25) is 0 Å². The van der Waals surface area contributed by atoms with E-state index in [2.05, 4.69) is 12.2 Å². The van der Waals surface area contributed by atoms with Crippen LogP contribution in [-0.4, -0.2) is 24.3 Å². The zero-order valence-electron chi connectivity index (χ0n) is 10.5. The van der Waals surface area contributed by atoms with Crippen molar-refractivity contribution in [3.05, 3.63) is 0 Å². The molecule has 0 aromatic rings. The van der Waals surface area contributed by atoms with Crippen molar-refractivity contribution in [2.24, 2.45) is 5.92 Å². The molecule has 1 aliphatic heterocycles. The maximum Gasteiger partial charge on any atom is 0.0729 e. The van der Waals surface area contributed by atoms with E-state index in [0.717, 1.165) is 12.5 Å². The van der Waals surface area contributed by atoms with Crippen LogP contribution in [0.4, 0.5) is 0 Å². The highest BCUT2D eigenvalue weighted by molar-refractivity contribution is 5.00. The molecule has 3 atom stereocenters. The number of morpholine rings is 1. The molecule has 0 amide bonds. The standard InChI is InChI=1S/C14H25NO/c1-11-5-6-13-12(9-11)15-14(10-16-13)7-3-2-4-8-14/h11-13,15H,2-10H2,1H3. The molecule has 16 heavy (non-hydrogen) atoms. The maximum absolute atomic E-state index is 6.16. The van der Waals surface area contributed by atoms with Gasteiger partial charge in [0.25, 0.3) is 0 Å². The third-order valence-corrected chi connectivity index (χ3v) is 4.93. The third kappa shape index (κ3) is 2.02. The summed E-state index contributed by atoms with van der Waals surface area (Å²) in [5.41, 5.74) is 0.358. The predicted octanol–water partition coefficient (Wildman–Crippen LogP) is 2.87. The topological polar surface area (TPSA) is 21.3 Å². The Morgan fingerprint density at radius 3 is 2.75 bits per heavy atom. The summed E-state index contributed by atoms with van der Waals surface area (Å²) in [5.74, 6) is 0.885. The first-order valence-corrected chi connectivity index (χ1v) is 7.17. The van der Waals surface area contributed by atoms with E-state index >= 15 is 0 Å². The second-order valence-electron chi connectivity index (χ2n) is 6.36. The number of ether oxygens (including phenoxy) is 1. The summed E-state index contributed by atoms with van der Waals surface area (Å²) < 4.78 is 6.16. The summed E-state index contributed by atoms with van der Waals surface area (Å²) in [6, 6.07) is 0.649. The van der Waals surface area contributed by atoms with Gasteiger partial charge in [-0.1, -0.05) is 26.2 Å². The van der Waals surface area contributed by atoms with Crippen molar-refractivity contribution in [1.82, 2.24) is 5.32 Å². The lowest BCUT2D eigenvalue weighted by Crippen LogP contribution is -2.64. The van der Waals surface area contributed by atoms with Gasteiger partial charge in [0.15, 0.2) is 0 Å². The first-order chi connectivity index (χ1) is 7.77. The van der Waals surface area contributed by atoms with Crippen LogP contribution in [0.15, 0.2) is 0 Å². The fourth-order valence-corrected chi connectivity index (χ4v) is 3.92. The molecule has 2 nitrogen and oxygen atoms in total. The molecule has 0 radical (unpaired) electrons. The van der Waals surface area contributed by atoms with Crippen LogP contribution in [0.5, 0.6) is 0 Å². The molecule has 3 fully saturated rings. The molecule has 1 N–H and O–H groups in total. The van der Waals surface area contributed by atoms with E-state index in [-0.39, 0.29) is 0 Å². The average molecular weight is 223 g/mol. The normalized spacial score (nSPS) is 42.9. The highest BCUT2D eigenvalue weighted by atomic mass is 16.5. The monoisotopic (exact) mass is 223 g/mol. The van der Waals surface area contributed by atoms with E-state index in [9.17, 15) is 0 Å². The third-order valence-electron chi connectivity index (χ3n) is 4.93. The Morgan fingerprint density at radius 2 is 1.94 bits per heavy atom. The highest BCUT2D eigenvalue weighted by Gasteiger charge is 2.43. The Bertz CT molecular complexity index is 247. The molecule has 2 aliphatic carbocycles. The summed E-state index contributed by atoms with van der Waals surface area (Å²) in [7, 11) is 0. The van der Waals surface area contributed by atoms with Gasteiger partial charge in [0.2, 0.25) is 0 Å². The van der Waals surface area contributed by atoms with Crippen molar-refractivity contribution in [2.75, 3.05) is 6.61 Å². The molecular formula is C14H25NO. The quantitative estimate of drug-likeness (QED) is 0.682. The second kappa shape index (κ2) is 4.30. The van der Waals surface area contributed by atoms with Crippen LogP contribution >= 0.6 is 0 Å². The Kier molecular flexibility index (Phi) is 2.97. The van der Waals surface area contributed by atoms with E-state index in [0.29, 0.717) is 17.7 Å². The molecule has 92 valence electrons. The maximum atomic E-state index is 6.16. The van der Waals surface area contributed by atoms with Crippen molar-refractivity contribution < 1.29 is 4.74 Å². The molecule has 2 heteroatoms. The lowest BCUT2D eigenvalue weighted by Gasteiger charge is -2.50. The minimum Gasteiger partial charge on any atom is -0.375 e. The van der Waals surface area contributed by atoms with Gasteiger partial charge in [-0.15, -0.1) is 0 Å². The summed E-state index contributed by atoms with van der Waals surface area (Å²) >= 11 is 0. The van der Waals surface area contributed by atoms with Gasteiger partial charge in [-0.3, -0.25) is 0 Å². The minimum absolute atomic E-state index is 0.358. The smallest absolute Gasteiger partial charge is 0.0729 e. The number of hydrogen-bond acceptors (Lipinski definition) is 2. The van der Waals surface area contributed by atoms with Gasteiger partial charge < -0.3 is 10.1 Å². The predicted molar refractivity (Wildman–Crippen MR) is 65.5 cm³/mol. The molecule has 1 spiro atoms. The van der Waals surface area contributed by atoms with Gasteiger partial charge in [0, 0.05) is 11.6 Å². The molecule has 0 aromatic heterocycles. The minimum atomic E-state index is 0.358. The molecule has 1 heterocycles. The average Bonchev–Trinajstić information content (AvgIpc) is 2.29. The zero-order chi connectivity index (χ0) is 11.0. The van der Waals surface area contributed by atoms with E-state index < -0.39 is 0 Å². The summed E-state index contributed by atoms with van der Waals surface area (Å²) in [5, 5.41) is 3.98. The van der Waals surface area contributed by atoms with E-state index in [1.54, 1.807) is 0 Å². The van der Waals surface area contributed by atoms with Crippen molar-refractivity contribution in [2.45, 2.75) is 76.0 Å². The summed E-state index contributed by atoms with van der Waals surface area (Å²) in [4.78, 5) is 0. The van der Waals surface area contributed by atoms with E-state index in [4.69, 9.17) is 4.74 Å². The molecular weight excluding hydrogens is 198 g/mol. The fraction of sp³-hybridized carbons (Fsp3) is 1.00. The Morgan fingerprint density at radius 1 is 1.12 bits per heavy atom. The second-order valence-corrected chi connectivity index (χ2v) is 6.36. The van der Waals surface area contributed by atoms with Crippen LogP contribution < -0.4 is 5.32 Å².